The quantitative estimate of drug-likeness (QED) is 0.493. The van der Waals surface area contributed by atoms with E-state index in [1.165, 1.54) is 23.5 Å². The molecule has 0 fully saturated rings. The van der Waals surface area contributed by atoms with Gasteiger partial charge in [-0.3, -0.25) is 10.1 Å². The molecule has 1 N–H and O–H groups in total. The first-order valence-electron chi connectivity index (χ1n) is 7.64. The molecule has 0 aliphatic rings. The largest absolute Gasteiger partial charge is 0.435 e. The number of carbonyl (C=O) groups excluding carboxylic acids is 1. The summed E-state index contributed by atoms with van der Waals surface area (Å²) in [5.74, 6) is -0.246. The van der Waals surface area contributed by atoms with Crippen molar-refractivity contribution >= 4 is 34.0 Å². The number of amides is 1. The van der Waals surface area contributed by atoms with Crippen molar-refractivity contribution in [1.82, 2.24) is 4.98 Å². The highest BCUT2D eigenvalue weighted by Crippen LogP contribution is 2.23. The molecule has 0 bridgehead atoms. The van der Waals surface area contributed by atoms with Crippen molar-refractivity contribution in [2.45, 2.75) is 6.61 Å². The number of carbonyl (C=O) groups is 1. The molecule has 1 heterocycles. The van der Waals surface area contributed by atoms with E-state index in [1.807, 2.05) is 30.3 Å². The van der Waals surface area contributed by atoms with Gasteiger partial charge in [0.2, 0.25) is 0 Å². The molecule has 132 valence electrons. The van der Waals surface area contributed by atoms with E-state index in [-0.39, 0.29) is 11.7 Å². The van der Waals surface area contributed by atoms with Crippen LogP contribution in [0.4, 0.5) is 13.9 Å². The standard InChI is InChI=1S/C19H14F2N2O2S/c20-18(21)25-15-8-6-13(7-9-15)12-16(14-4-2-1-3-5-14)17(24)23-19-22-10-11-26-19/h1-12,18H,(H,22,23,24)/b16-12+. The summed E-state index contributed by atoms with van der Waals surface area (Å²) in [6, 6.07) is 15.2. The maximum atomic E-state index is 12.7. The van der Waals surface area contributed by atoms with Gasteiger partial charge in [-0.05, 0) is 29.3 Å². The Balaban J connectivity index is 1.89. The number of nitrogens with zero attached hydrogens (tertiary/aromatic N) is 1. The minimum atomic E-state index is -2.87. The molecule has 3 rings (SSSR count). The summed E-state index contributed by atoms with van der Waals surface area (Å²) >= 11 is 1.32. The zero-order valence-electron chi connectivity index (χ0n) is 13.4. The average Bonchev–Trinajstić information content (AvgIpc) is 3.14. The number of ether oxygens (including phenoxy) is 1. The lowest BCUT2D eigenvalue weighted by Gasteiger charge is -2.09. The summed E-state index contributed by atoms with van der Waals surface area (Å²) in [4.78, 5) is 16.7. The van der Waals surface area contributed by atoms with E-state index in [4.69, 9.17) is 0 Å². The van der Waals surface area contributed by atoms with E-state index >= 15 is 0 Å². The van der Waals surface area contributed by atoms with E-state index in [9.17, 15) is 13.6 Å². The van der Waals surface area contributed by atoms with Gasteiger partial charge in [0.25, 0.3) is 5.91 Å². The van der Waals surface area contributed by atoms with Crippen molar-refractivity contribution in [3.05, 3.63) is 77.3 Å². The lowest BCUT2D eigenvalue weighted by molar-refractivity contribution is -0.111. The average molecular weight is 372 g/mol. The maximum Gasteiger partial charge on any atom is 0.387 e. The molecule has 0 unspecified atom stereocenters. The van der Waals surface area contributed by atoms with Crippen LogP contribution < -0.4 is 10.1 Å². The summed E-state index contributed by atoms with van der Waals surface area (Å²) in [5.41, 5.74) is 1.84. The Morgan fingerprint density at radius 1 is 1.12 bits per heavy atom. The second kappa shape index (κ2) is 8.35. The molecule has 7 heteroatoms. The van der Waals surface area contributed by atoms with Crippen LogP contribution in [0, 0.1) is 0 Å². The van der Waals surface area contributed by atoms with E-state index < -0.39 is 6.61 Å². The van der Waals surface area contributed by atoms with Crippen molar-refractivity contribution in [1.29, 1.82) is 0 Å². The molecule has 0 radical (unpaired) electrons. The summed E-state index contributed by atoms with van der Waals surface area (Å²) in [5, 5.41) is 5.02. The van der Waals surface area contributed by atoms with Crippen molar-refractivity contribution in [2.75, 3.05) is 5.32 Å². The second-order valence-electron chi connectivity index (χ2n) is 5.16. The van der Waals surface area contributed by atoms with Crippen LogP contribution in [-0.4, -0.2) is 17.5 Å². The van der Waals surface area contributed by atoms with Crippen molar-refractivity contribution < 1.29 is 18.3 Å². The Hall–Kier alpha value is -3.06. The molecule has 0 aliphatic carbocycles. The van der Waals surface area contributed by atoms with E-state index in [0.717, 1.165) is 5.56 Å². The van der Waals surface area contributed by atoms with Crippen LogP contribution in [0.25, 0.3) is 11.6 Å². The molecule has 2 aromatic carbocycles. The Morgan fingerprint density at radius 2 is 1.85 bits per heavy atom. The van der Waals surface area contributed by atoms with Crippen LogP contribution >= 0.6 is 11.3 Å². The van der Waals surface area contributed by atoms with Gasteiger partial charge >= 0.3 is 6.61 Å². The maximum absolute atomic E-state index is 12.7. The molecule has 4 nitrogen and oxygen atoms in total. The predicted molar refractivity (Wildman–Crippen MR) is 98.1 cm³/mol. The summed E-state index contributed by atoms with van der Waals surface area (Å²) < 4.78 is 28.8. The number of hydrogen-bond donors (Lipinski definition) is 1. The smallest absolute Gasteiger partial charge is 0.387 e. The first kappa shape index (κ1) is 17.8. The molecule has 1 aromatic heterocycles. The van der Waals surface area contributed by atoms with Gasteiger partial charge in [0.1, 0.15) is 5.75 Å². The molecule has 26 heavy (non-hydrogen) atoms. The predicted octanol–water partition coefficient (Wildman–Crippen LogP) is 4.92. The summed E-state index contributed by atoms with van der Waals surface area (Å²) in [6.07, 6.45) is 3.29. The third-order valence-electron chi connectivity index (χ3n) is 3.40. The molecule has 3 aromatic rings. The third kappa shape index (κ3) is 4.73. The molecular formula is C19H14F2N2O2S. The fraction of sp³-hybridized carbons (Fsp3) is 0.0526. The van der Waals surface area contributed by atoms with Crippen LogP contribution in [0.3, 0.4) is 0 Å². The number of benzene rings is 2. The zero-order valence-corrected chi connectivity index (χ0v) is 14.2. The number of thiazole rings is 1. The van der Waals surface area contributed by atoms with Crippen molar-refractivity contribution in [2.24, 2.45) is 0 Å². The van der Waals surface area contributed by atoms with E-state index in [0.29, 0.717) is 16.3 Å². The molecular weight excluding hydrogens is 358 g/mol. The first-order valence-corrected chi connectivity index (χ1v) is 8.52. The monoisotopic (exact) mass is 372 g/mol. The molecule has 1 amide bonds. The fourth-order valence-corrected chi connectivity index (χ4v) is 2.78. The summed E-state index contributed by atoms with van der Waals surface area (Å²) in [6.45, 7) is -2.87. The topological polar surface area (TPSA) is 51.2 Å². The molecule has 0 atom stereocenters. The van der Waals surface area contributed by atoms with E-state index in [1.54, 1.807) is 29.8 Å². The number of rotatable bonds is 6. The minimum Gasteiger partial charge on any atom is -0.435 e. The molecule has 0 spiro atoms. The van der Waals surface area contributed by atoms with Crippen LogP contribution in [0.1, 0.15) is 11.1 Å². The minimum absolute atomic E-state index is 0.0608. The van der Waals surface area contributed by atoms with Gasteiger partial charge in [0, 0.05) is 17.2 Å². The van der Waals surface area contributed by atoms with E-state index in [2.05, 4.69) is 15.0 Å². The van der Waals surface area contributed by atoms with Crippen LogP contribution in [0.5, 0.6) is 5.75 Å². The highest BCUT2D eigenvalue weighted by molar-refractivity contribution is 7.13. The number of alkyl halides is 2. The third-order valence-corrected chi connectivity index (χ3v) is 4.09. The Morgan fingerprint density at radius 3 is 2.46 bits per heavy atom. The molecule has 0 saturated heterocycles. The van der Waals surface area contributed by atoms with Gasteiger partial charge in [-0.25, -0.2) is 4.98 Å². The van der Waals surface area contributed by atoms with Gasteiger partial charge in [0.15, 0.2) is 5.13 Å². The lowest BCUT2D eigenvalue weighted by atomic mass is 10.0. The Kier molecular flexibility index (Phi) is 5.70. The van der Waals surface area contributed by atoms with Crippen molar-refractivity contribution in [3.8, 4) is 5.75 Å². The summed E-state index contributed by atoms with van der Waals surface area (Å²) in [7, 11) is 0. The first-order chi connectivity index (χ1) is 12.6. The highest BCUT2D eigenvalue weighted by atomic mass is 32.1. The van der Waals surface area contributed by atoms with Crippen LogP contribution in [-0.2, 0) is 4.79 Å². The van der Waals surface area contributed by atoms with Gasteiger partial charge in [-0.1, -0.05) is 42.5 Å². The SMILES string of the molecule is O=C(Nc1nccs1)/C(=C/c1ccc(OC(F)F)cc1)c1ccccc1. The molecule has 0 saturated carbocycles. The Labute approximate surface area is 152 Å². The number of nitrogens with one attached hydrogen (secondary N) is 1. The van der Waals surface area contributed by atoms with Gasteiger partial charge < -0.3 is 4.74 Å². The van der Waals surface area contributed by atoms with Crippen LogP contribution in [0.15, 0.2) is 66.2 Å². The number of hydrogen-bond acceptors (Lipinski definition) is 4. The number of aromatic nitrogens is 1. The molecule has 0 aliphatic heterocycles. The zero-order chi connectivity index (χ0) is 18.4. The lowest BCUT2D eigenvalue weighted by Crippen LogP contribution is -2.13. The number of anilines is 1. The Bertz CT molecular complexity index is 880. The highest BCUT2D eigenvalue weighted by Gasteiger charge is 2.13. The normalized spacial score (nSPS) is 11.4. The second-order valence-corrected chi connectivity index (χ2v) is 6.06. The van der Waals surface area contributed by atoms with Crippen molar-refractivity contribution in [3.63, 3.8) is 0 Å². The van der Waals surface area contributed by atoms with Crippen LogP contribution in [0.2, 0.25) is 0 Å². The van der Waals surface area contributed by atoms with Gasteiger partial charge in [0.05, 0.1) is 0 Å². The number of halogens is 2. The van der Waals surface area contributed by atoms with Gasteiger partial charge in [-0.2, -0.15) is 8.78 Å². The van der Waals surface area contributed by atoms with Gasteiger partial charge in [-0.15, -0.1) is 11.3 Å². The fourth-order valence-electron chi connectivity index (χ4n) is 2.26.